The predicted molar refractivity (Wildman–Crippen MR) is 88.3 cm³/mol. The molecule has 2 aromatic carbocycles. The number of nitrogens with zero attached hydrogens (tertiary/aromatic N) is 1. The van der Waals surface area contributed by atoms with E-state index in [-0.39, 0.29) is 5.75 Å². The molecule has 0 bridgehead atoms. The van der Waals surface area contributed by atoms with Crippen LogP contribution in [0.2, 0.25) is 0 Å². The number of para-hydroxylation sites is 1. The highest BCUT2D eigenvalue weighted by Gasteiger charge is 2.13. The van der Waals surface area contributed by atoms with Gasteiger partial charge >= 0.3 is 11.8 Å². The van der Waals surface area contributed by atoms with Crippen LogP contribution in [0.3, 0.4) is 0 Å². The first-order valence-electron chi connectivity index (χ1n) is 6.98. The van der Waals surface area contributed by atoms with Gasteiger partial charge in [0.25, 0.3) is 0 Å². The average molecular weight is 311 g/mol. The molecule has 0 unspecified atom stereocenters. The fourth-order valence-corrected chi connectivity index (χ4v) is 1.85. The van der Waals surface area contributed by atoms with E-state index in [1.54, 1.807) is 37.3 Å². The van der Waals surface area contributed by atoms with Crippen LogP contribution in [0.1, 0.15) is 18.1 Å². The van der Waals surface area contributed by atoms with Gasteiger partial charge in [-0.25, -0.2) is 5.43 Å². The zero-order valence-electron chi connectivity index (χ0n) is 12.8. The Morgan fingerprint density at radius 1 is 1.00 bits per heavy atom. The first-order chi connectivity index (χ1) is 11.0. The van der Waals surface area contributed by atoms with E-state index in [1.807, 2.05) is 19.1 Å². The van der Waals surface area contributed by atoms with Gasteiger partial charge in [0.1, 0.15) is 5.75 Å². The molecule has 0 aliphatic carbocycles. The summed E-state index contributed by atoms with van der Waals surface area (Å²) in [6.45, 7) is 3.54. The van der Waals surface area contributed by atoms with Crippen LogP contribution in [-0.2, 0) is 9.59 Å². The molecule has 0 fully saturated rings. The lowest BCUT2D eigenvalue weighted by Crippen LogP contribution is -2.32. The van der Waals surface area contributed by atoms with Crippen molar-refractivity contribution in [2.75, 3.05) is 5.32 Å². The molecule has 2 rings (SSSR count). The Kier molecular flexibility index (Phi) is 5.09. The maximum absolute atomic E-state index is 11.8. The summed E-state index contributed by atoms with van der Waals surface area (Å²) in [6.07, 6.45) is 0. The minimum absolute atomic E-state index is 0.0482. The molecule has 6 nitrogen and oxygen atoms in total. The fourth-order valence-electron chi connectivity index (χ4n) is 1.85. The molecule has 0 atom stereocenters. The Bertz CT molecular complexity index is 752. The Morgan fingerprint density at radius 2 is 1.65 bits per heavy atom. The van der Waals surface area contributed by atoms with Gasteiger partial charge in [0, 0.05) is 11.3 Å². The van der Waals surface area contributed by atoms with Crippen molar-refractivity contribution < 1.29 is 14.7 Å². The second kappa shape index (κ2) is 7.22. The summed E-state index contributed by atoms with van der Waals surface area (Å²) < 4.78 is 0. The molecule has 0 saturated carbocycles. The zero-order chi connectivity index (χ0) is 16.8. The highest BCUT2D eigenvalue weighted by molar-refractivity contribution is 6.39. The summed E-state index contributed by atoms with van der Waals surface area (Å²) in [5, 5.41) is 16.0. The van der Waals surface area contributed by atoms with Gasteiger partial charge in [0.2, 0.25) is 0 Å². The number of carbonyl (C=O) groups excluding carboxylic acids is 2. The number of aryl methyl sites for hydroxylation is 1. The number of carbonyl (C=O) groups is 2. The van der Waals surface area contributed by atoms with Crippen LogP contribution >= 0.6 is 0 Å². The van der Waals surface area contributed by atoms with Crippen molar-refractivity contribution in [2.24, 2.45) is 5.10 Å². The number of hydrazone groups is 1. The van der Waals surface area contributed by atoms with E-state index in [2.05, 4.69) is 15.8 Å². The summed E-state index contributed by atoms with van der Waals surface area (Å²) >= 11 is 0. The van der Waals surface area contributed by atoms with Crippen molar-refractivity contribution in [3.63, 3.8) is 0 Å². The minimum Gasteiger partial charge on any atom is -0.507 e. The number of aromatic hydroxyl groups is 1. The van der Waals surface area contributed by atoms with Crippen molar-refractivity contribution in [3.05, 3.63) is 59.7 Å². The van der Waals surface area contributed by atoms with Gasteiger partial charge in [-0.2, -0.15) is 5.10 Å². The van der Waals surface area contributed by atoms with Crippen LogP contribution in [-0.4, -0.2) is 22.6 Å². The SMILES string of the molecule is C/C(=N\NC(=O)C(=O)Nc1ccc(C)cc1)c1ccccc1O. The van der Waals surface area contributed by atoms with E-state index in [0.717, 1.165) is 5.56 Å². The fraction of sp³-hybridized carbons (Fsp3) is 0.118. The summed E-state index contributed by atoms with van der Waals surface area (Å²) in [6, 6.07) is 13.7. The third kappa shape index (κ3) is 4.41. The standard InChI is InChI=1S/C17H17N3O3/c1-11-7-9-13(10-8-11)18-16(22)17(23)20-19-12(2)14-5-3-4-6-15(14)21/h3-10,21H,1-2H3,(H,18,22)(H,20,23)/b19-12+. The van der Waals surface area contributed by atoms with E-state index in [1.165, 1.54) is 6.07 Å². The van der Waals surface area contributed by atoms with Gasteiger partial charge in [-0.1, -0.05) is 29.8 Å². The quantitative estimate of drug-likeness (QED) is 0.461. The smallest absolute Gasteiger partial charge is 0.329 e. The van der Waals surface area contributed by atoms with E-state index < -0.39 is 11.8 Å². The molecule has 0 saturated heterocycles. The van der Waals surface area contributed by atoms with Crippen LogP contribution in [0.5, 0.6) is 5.75 Å². The molecule has 0 aliphatic rings. The minimum atomic E-state index is -0.889. The zero-order valence-corrected chi connectivity index (χ0v) is 12.8. The Balaban J connectivity index is 1.98. The molecule has 3 N–H and O–H groups in total. The molecule has 23 heavy (non-hydrogen) atoms. The van der Waals surface area contributed by atoms with Crippen LogP contribution in [0.15, 0.2) is 53.6 Å². The lowest BCUT2D eigenvalue weighted by atomic mass is 10.1. The number of hydrogen-bond donors (Lipinski definition) is 3. The van der Waals surface area contributed by atoms with Crippen molar-refractivity contribution in [3.8, 4) is 5.75 Å². The van der Waals surface area contributed by atoms with Crippen LogP contribution in [0.4, 0.5) is 5.69 Å². The van der Waals surface area contributed by atoms with Crippen molar-refractivity contribution in [1.82, 2.24) is 5.43 Å². The first kappa shape index (κ1) is 16.2. The van der Waals surface area contributed by atoms with Gasteiger partial charge in [0.05, 0.1) is 5.71 Å². The second-order valence-corrected chi connectivity index (χ2v) is 4.98. The van der Waals surface area contributed by atoms with E-state index >= 15 is 0 Å². The van der Waals surface area contributed by atoms with E-state index in [9.17, 15) is 14.7 Å². The molecule has 118 valence electrons. The summed E-state index contributed by atoms with van der Waals surface area (Å²) in [5.74, 6) is -1.66. The third-order valence-corrected chi connectivity index (χ3v) is 3.13. The van der Waals surface area contributed by atoms with Crippen molar-refractivity contribution in [2.45, 2.75) is 13.8 Å². The number of rotatable bonds is 3. The van der Waals surface area contributed by atoms with Gasteiger partial charge in [-0.05, 0) is 38.1 Å². The van der Waals surface area contributed by atoms with Crippen molar-refractivity contribution >= 4 is 23.2 Å². The third-order valence-electron chi connectivity index (χ3n) is 3.13. The molecule has 0 spiro atoms. The van der Waals surface area contributed by atoms with Crippen LogP contribution in [0.25, 0.3) is 0 Å². The number of amides is 2. The molecule has 0 aliphatic heterocycles. The van der Waals surface area contributed by atoms with Gasteiger partial charge < -0.3 is 10.4 Å². The predicted octanol–water partition coefficient (Wildman–Crippen LogP) is 2.18. The van der Waals surface area contributed by atoms with Crippen molar-refractivity contribution in [1.29, 1.82) is 0 Å². The number of nitrogens with one attached hydrogen (secondary N) is 2. The van der Waals surface area contributed by atoms with Gasteiger partial charge in [-0.3, -0.25) is 9.59 Å². The number of hydrogen-bond acceptors (Lipinski definition) is 4. The number of anilines is 1. The highest BCUT2D eigenvalue weighted by atomic mass is 16.3. The number of phenolic OH excluding ortho intramolecular Hbond substituents is 1. The normalized spacial score (nSPS) is 11.0. The van der Waals surface area contributed by atoms with Crippen LogP contribution < -0.4 is 10.7 Å². The summed E-state index contributed by atoms with van der Waals surface area (Å²) in [5.41, 5.74) is 4.61. The number of phenols is 1. The molecule has 6 heteroatoms. The Morgan fingerprint density at radius 3 is 2.30 bits per heavy atom. The van der Waals surface area contributed by atoms with Gasteiger partial charge in [-0.15, -0.1) is 0 Å². The topological polar surface area (TPSA) is 90.8 Å². The molecule has 0 radical (unpaired) electrons. The van der Waals surface area contributed by atoms with Gasteiger partial charge in [0.15, 0.2) is 0 Å². The second-order valence-electron chi connectivity index (χ2n) is 4.98. The first-order valence-corrected chi connectivity index (χ1v) is 6.98. The number of benzene rings is 2. The maximum atomic E-state index is 11.8. The lowest BCUT2D eigenvalue weighted by Gasteiger charge is -2.06. The van der Waals surface area contributed by atoms with E-state index in [0.29, 0.717) is 17.0 Å². The summed E-state index contributed by atoms with van der Waals surface area (Å²) in [4.78, 5) is 23.5. The molecule has 2 aromatic rings. The largest absolute Gasteiger partial charge is 0.507 e. The molecule has 2 amide bonds. The van der Waals surface area contributed by atoms with Crippen LogP contribution in [0, 0.1) is 6.92 Å². The monoisotopic (exact) mass is 311 g/mol. The average Bonchev–Trinajstić information content (AvgIpc) is 2.54. The molecular weight excluding hydrogens is 294 g/mol. The highest BCUT2D eigenvalue weighted by Crippen LogP contribution is 2.16. The Labute approximate surface area is 133 Å². The summed E-state index contributed by atoms with van der Waals surface area (Å²) in [7, 11) is 0. The van der Waals surface area contributed by atoms with E-state index in [4.69, 9.17) is 0 Å². The maximum Gasteiger partial charge on any atom is 0.329 e. The lowest BCUT2D eigenvalue weighted by molar-refractivity contribution is -0.136. The molecule has 0 aromatic heterocycles. The molecule has 0 heterocycles. The molecular formula is C17H17N3O3. The Hall–Kier alpha value is -3.15.